The highest BCUT2D eigenvalue weighted by molar-refractivity contribution is 5.77. The molecule has 38 heavy (non-hydrogen) atoms. The Balaban J connectivity index is 1.52. The molecule has 194 valence electrons. The summed E-state index contributed by atoms with van der Waals surface area (Å²) in [6.07, 6.45) is -0.721. The van der Waals surface area contributed by atoms with Crippen molar-refractivity contribution in [3.05, 3.63) is 93.4 Å². The second kappa shape index (κ2) is 10.7. The lowest BCUT2D eigenvalue weighted by atomic mass is 9.92. The number of alkyl halides is 3. The van der Waals surface area contributed by atoms with Gasteiger partial charge in [0.2, 0.25) is 5.95 Å². The van der Waals surface area contributed by atoms with Gasteiger partial charge in [0.25, 0.3) is 5.56 Å². The van der Waals surface area contributed by atoms with Gasteiger partial charge < -0.3 is 10.6 Å². The largest absolute Gasteiger partial charge is 0.416 e. The van der Waals surface area contributed by atoms with Gasteiger partial charge in [0.1, 0.15) is 5.65 Å². The third-order valence-corrected chi connectivity index (χ3v) is 6.67. The van der Waals surface area contributed by atoms with Crippen LogP contribution in [0.15, 0.2) is 65.6 Å². The zero-order valence-corrected chi connectivity index (χ0v) is 20.8. The van der Waals surface area contributed by atoms with E-state index >= 15 is 0 Å². The first-order chi connectivity index (χ1) is 18.3. The topological polar surface area (TPSA) is 71.8 Å². The molecule has 0 amide bonds. The van der Waals surface area contributed by atoms with Crippen LogP contribution in [0.4, 0.5) is 24.8 Å². The molecule has 0 spiro atoms. The Hall–Kier alpha value is -4.16. The second-order valence-electron chi connectivity index (χ2n) is 9.24. The summed E-state index contributed by atoms with van der Waals surface area (Å²) < 4.78 is 42.2. The first-order valence-electron chi connectivity index (χ1n) is 12.4. The molecule has 5 rings (SSSR count). The van der Waals surface area contributed by atoms with E-state index in [0.717, 1.165) is 37.7 Å². The summed E-state index contributed by atoms with van der Waals surface area (Å²) in [5.74, 6) is 6.14. The number of nitrogens with zero attached hydrogens (tertiary/aromatic N) is 3. The van der Waals surface area contributed by atoms with E-state index in [9.17, 15) is 18.0 Å². The summed E-state index contributed by atoms with van der Waals surface area (Å²) in [7, 11) is 0. The van der Waals surface area contributed by atoms with Crippen LogP contribution in [0.5, 0.6) is 0 Å². The van der Waals surface area contributed by atoms with Gasteiger partial charge in [-0.1, -0.05) is 36.3 Å². The summed E-state index contributed by atoms with van der Waals surface area (Å²) in [6.45, 7) is 3.28. The molecule has 0 saturated carbocycles. The van der Waals surface area contributed by atoms with Crippen LogP contribution in [0.3, 0.4) is 0 Å². The van der Waals surface area contributed by atoms with E-state index in [-0.39, 0.29) is 29.3 Å². The Bertz CT molecular complexity index is 1580. The predicted molar refractivity (Wildman–Crippen MR) is 141 cm³/mol. The molecule has 0 bridgehead atoms. The fourth-order valence-electron chi connectivity index (χ4n) is 4.80. The van der Waals surface area contributed by atoms with Crippen LogP contribution in [-0.2, 0) is 12.7 Å². The van der Waals surface area contributed by atoms with Gasteiger partial charge in [-0.3, -0.25) is 9.36 Å². The van der Waals surface area contributed by atoms with Gasteiger partial charge >= 0.3 is 6.18 Å². The third-order valence-electron chi connectivity index (χ3n) is 6.67. The van der Waals surface area contributed by atoms with Crippen molar-refractivity contribution in [2.75, 3.05) is 18.4 Å². The van der Waals surface area contributed by atoms with Gasteiger partial charge in [-0.25, -0.2) is 4.98 Å². The molecular weight excluding hydrogens is 491 g/mol. The minimum Gasteiger partial charge on any atom is -0.324 e. The summed E-state index contributed by atoms with van der Waals surface area (Å²) in [5.41, 5.74) is 1.06. The molecule has 0 aliphatic carbocycles. The minimum atomic E-state index is -4.56. The van der Waals surface area contributed by atoms with Crippen LogP contribution < -0.4 is 16.2 Å². The molecule has 3 heterocycles. The Morgan fingerprint density at radius 2 is 1.95 bits per heavy atom. The summed E-state index contributed by atoms with van der Waals surface area (Å²) in [6, 6.07) is 14.8. The molecule has 4 aromatic rings. The van der Waals surface area contributed by atoms with E-state index in [1.54, 1.807) is 19.2 Å². The number of benzene rings is 2. The van der Waals surface area contributed by atoms with Crippen molar-refractivity contribution in [1.82, 2.24) is 19.9 Å². The van der Waals surface area contributed by atoms with Gasteiger partial charge in [-0.2, -0.15) is 18.2 Å². The highest BCUT2D eigenvalue weighted by atomic mass is 19.4. The molecule has 1 atom stereocenters. The predicted octanol–water partition coefficient (Wildman–Crippen LogP) is 5.44. The lowest BCUT2D eigenvalue weighted by molar-refractivity contribution is -0.138. The zero-order chi connectivity index (χ0) is 26.7. The van der Waals surface area contributed by atoms with Gasteiger partial charge in [-0.05, 0) is 67.6 Å². The van der Waals surface area contributed by atoms with E-state index in [1.165, 1.54) is 28.3 Å². The maximum Gasteiger partial charge on any atom is 0.416 e. The molecular formula is C29H26F3N5O. The Morgan fingerprint density at radius 3 is 2.66 bits per heavy atom. The highest BCUT2D eigenvalue weighted by Gasteiger charge is 2.33. The number of rotatable bonds is 5. The molecule has 1 unspecified atom stereocenters. The van der Waals surface area contributed by atoms with Gasteiger partial charge in [0.15, 0.2) is 0 Å². The fraction of sp³-hybridized carbons (Fsp3) is 0.276. The van der Waals surface area contributed by atoms with E-state index in [4.69, 9.17) is 0 Å². The first kappa shape index (κ1) is 25.5. The highest BCUT2D eigenvalue weighted by Crippen LogP contribution is 2.32. The average Bonchev–Trinajstić information content (AvgIpc) is 2.92. The van der Waals surface area contributed by atoms with Crippen molar-refractivity contribution in [3.63, 3.8) is 0 Å². The molecule has 1 aliphatic heterocycles. The van der Waals surface area contributed by atoms with Crippen LogP contribution in [0.2, 0.25) is 0 Å². The normalized spacial score (nSPS) is 15.6. The van der Waals surface area contributed by atoms with Crippen molar-refractivity contribution >= 4 is 22.7 Å². The standard InChI is InChI=1S/C29H26F3N5O/c1-2-6-20-15-23-17-34-28(35-24-12-10-19(11-13-24)21-8-5-14-33-16-21)36-26(23)37(27(20)38)18-22-7-3-4-9-25(22)29(30,31)32/h3-4,7,9-13,15,17,21,33H,5,8,14,16,18H2,1H3,(H,34,35,36). The molecule has 2 aromatic carbocycles. The number of pyridine rings is 1. The van der Waals surface area contributed by atoms with Crippen LogP contribution in [0, 0.1) is 11.8 Å². The molecule has 2 N–H and O–H groups in total. The first-order valence-corrected chi connectivity index (χ1v) is 12.4. The quantitative estimate of drug-likeness (QED) is 0.345. The molecule has 0 radical (unpaired) electrons. The smallest absolute Gasteiger partial charge is 0.324 e. The molecule has 1 fully saturated rings. The van der Waals surface area contributed by atoms with Gasteiger partial charge in [0.05, 0.1) is 17.7 Å². The van der Waals surface area contributed by atoms with E-state index in [1.807, 2.05) is 12.1 Å². The lowest BCUT2D eigenvalue weighted by Crippen LogP contribution is -2.28. The van der Waals surface area contributed by atoms with Crippen LogP contribution in [0.1, 0.15) is 47.9 Å². The van der Waals surface area contributed by atoms with Crippen molar-refractivity contribution in [2.24, 2.45) is 0 Å². The van der Waals surface area contributed by atoms with Crippen LogP contribution >= 0.6 is 0 Å². The number of nitrogens with one attached hydrogen (secondary N) is 2. The van der Waals surface area contributed by atoms with Crippen molar-refractivity contribution in [2.45, 2.75) is 38.4 Å². The summed E-state index contributed by atoms with van der Waals surface area (Å²) in [4.78, 5) is 22.2. The van der Waals surface area contributed by atoms with Gasteiger partial charge in [0, 0.05) is 23.8 Å². The molecule has 6 nitrogen and oxygen atoms in total. The number of hydrogen-bond acceptors (Lipinski definition) is 5. The molecule has 1 saturated heterocycles. The number of piperidine rings is 1. The molecule has 2 aromatic heterocycles. The van der Waals surface area contributed by atoms with E-state index in [0.29, 0.717) is 11.3 Å². The second-order valence-corrected chi connectivity index (χ2v) is 9.24. The Morgan fingerprint density at radius 1 is 1.16 bits per heavy atom. The van der Waals surface area contributed by atoms with Gasteiger partial charge in [-0.15, -0.1) is 5.92 Å². The van der Waals surface area contributed by atoms with E-state index < -0.39 is 17.3 Å². The molecule has 9 heteroatoms. The minimum absolute atomic E-state index is 0.0362. The lowest BCUT2D eigenvalue weighted by Gasteiger charge is -2.23. The zero-order valence-electron chi connectivity index (χ0n) is 20.8. The fourth-order valence-corrected chi connectivity index (χ4v) is 4.80. The number of anilines is 2. The third kappa shape index (κ3) is 5.41. The van der Waals surface area contributed by atoms with Crippen molar-refractivity contribution in [3.8, 4) is 11.8 Å². The maximum absolute atomic E-state index is 13.7. The SMILES string of the molecule is CC#Cc1cc2cnc(Nc3ccc(C4CCCNC4)cc3)nc2n(Cc2ccccc2C(F)(F)F)c1=O. The number of aromatic nitrogens is 3. The van der Waals surface area contributed by atoms with E-state index in [2.05, 4.69) is 44.6 Å². The number of halogens is 3. The van der Waals surface area contributed by atoms with Crippen molar-refractivity contribution < 1.29 is 13.2 Å². The van der Waals surface area contributed by atoms with Crippen LogP contribution in [0.25, 0.3) is 11.0 Å². The maximum atomic E-state index is 13.7. The number of fused-ring (bicyclic) bond motifs is 1. The Kier molecular flexibility index (Phi) is 7.16. The monoisotopic (exact) mass is 517 g/mol. The number of hydrogen-bond donors (Lipinski definition) is 2. The molecule has 1 aliphatic rings. The summed E-state index contributed by atoms with van der Waals surface area (Å²) in [5, 5.41) is 7.07. The van der Waals surface area contributed by atoms with Crippen molar-refractivity contribution in [1.29, 1.82) is 0 Å². The van der Waals surface area contributed by atoms with Crippen LogP contribution in [-0.4, -0.2) is 27.6 Å². The summed E-state index contributed by atoms with van der Waals surface area (Å²) >= 11 is 0. The Labute approximate surface area is 217 Å². The average molecular weight is 518 g/mol.